The SMILES string of the molecule is CC(C)c1cnn2c(NCc3ccccc3)nc(NCC3CCNCC3)nc12. The van der Waals surface area contributed by atoms with Crippen LogP contribution in [0, 0.1) is 5.92 Å². The van der Waals surface area contributed by atoms with Crippen LogP contribution in [0.5, 0.6) is 0 Å². The molecule has 0 bridgehead atoms. The van der Waals surface area contributed by atoms with Crippen LogP contribution in [0.2, 0.25) is 0 Å². The summed E-state index contributed by atoms with van der Waals surface area (Å²) in [6, 6.07) is 10.3. The number of piperidine rings is 1. The molecule has 7 nitrogen and oxygen atoms in total. The summed E-state index contributed by atoms with van der Waals surface area (Å²) in [4.78, 5) is 9.50. The first-order valence-corrected chi connectivity index (χ1v) is 10.2. The van der Waals surface area contributed by atoms with Gasteiger partial charge in [0.05, 0.1) is 6.20 Å². The van der Waals surface area contributed by atoms with Crippen LogP contribution in [-0.4, -0.2) is 39.2 Å². The Morgan fingerprint density at radius 1 is 1.11 bits per heavy atom. The fraction of sp³-hybridized carbons (Fsp3) is 0.476. The quantitative estimate of drug-likeness (QED) is 0.585. The van der Waals surface area contributed by atoms with E-state index in [2.05, 4.69) is 47.0 Å². The van der Waals surface area contributed by atoms with Crippen molar-refractivity contribution in [3.05, 3.63) is 47.7 Å². The fourth-order valence-electron chi connectivity index (χ4n) is 3.59. The van der Waals surface area contributed by atoms with Gasteiger partial charge in [0.25, 0.3) is 0 Å². The molecule has 1 fully saturated rings. The topological polar surface area (TPSA) is 79.2 Å². The molecule has 0 aliphatic carbocycles. The summed E-state index contributed by atoms with van der Waals surface area (Å²) >= 11 is 0. The number of anilines is 2. The molecule has 7 heteroatoms. The second kappa shape index (κ2) is 8.56. The van der Waals surface area contributed by atoms with Crippen molar-refractivity contribution in [3.63, 3.8) is 0 Å². The van der Waals surface area contributed by atoms with Crippen molar-refractivity contribution in [2.24, 2.45) is 5.92 Å². The Balaban J connectivity index is 1.58. The maximum Gasteiger partial charge on any atom is 0.229 e. The maximum atomic E-state index is 4.78. The van der Waals surface area contributed by atoms with Crippen molar-refractivity contribution >= 4 is 17.5 Å². The van der Waals surface area contributed by atoms with Crippen LogP contribution in [0.15, 0.2) is 36.5 Å². The lowest BCUT2D eigenvalue weighted by molar-refractivity contribution is 0.389. The van der Waals surface area contributed by atoms with Crippen LogP contribution in [0.1, 0.15) is 43.7 Å². The van der Waals surface area contributed by atoms with E-state index in [0.29, 0.717) is 30.3 Å². The number of rotatable bonds is 7. The minimum absolute atomic E-state index is 0.353. The van der Waals surface area contributed by atoms with Gasteiger partial charge in [0.1, 0.15) is 0 Å². The number of fused-ring (bicyclic) bond motifs is 1. The standard InChI is InChI=1S/C21H29N7/c1-15(2)18-14-25-28-19(18)26-20(23-12-17-8-10-22-11-9-17)27-21(28)24-13-16-6-4-3-5-7-16/h3-7,14-15,17,22H,8-13H2,1-2H3,(H2,23,24,26,27). The van der Waals surface area contributed by atoms with E-state index < -0.39 is 0 Å². The van der Waals surface area contributed by atoms with Crippen LogP contribution in [0.25, 0.3) is 5.65 Å². The molecule has 3 heterocycles. The molecular weight excluding hydrogens is 350 g/mol. The van der Waals surface area contributed by atoms with Gasteiger partial charge in [0.2, 0.25) is 11.9 Å². The molecule has 148 valence electrons. The Kier molecular flexibility index (Phi) is 5.71. The summed E-state index contributed by atoms with van der Waals surface area (Å²) < 4.78 is 1.81. The summed E-state index contributed by atoms with van der Waals surface area (Å²) in [5, 5.41) is 14.9. The van der Waals surface area contributed by atoms with Crippen LogP contribution in [0.3, 0.4) is 0 Å². The normalized spacial score (nSPS) is 15.2. The Morgan fingerprint density at radius 3 is 2.64 bits per heavy atom. The predicted octanol–water partition coefficient (Wildman–Crippen LogP) is 3.27. The van der Waals surface area contributed by atoms with Gasteiger partial charge >= 0.3 is 0 Å². The highest BCUT2D eigenvalue weighted by molar-refractivity contribution is 5.55. The van der Waals surface area contributed by atoms with Gasteiger partial charge < -0.3 is 16.0 Å². The Labute approximate surface area is 166 Å². The van der Waals surface area contributed by atoms with E-state index in [9.17, 15) is 0 Å². The number of nitrogens with zero attached hydrogens (tertiary/aromatic N) is 4. The summed E-state index contributed by atoms with van der Waals surface area (Å²) in [6.45, 7) is 8.11. The molecule has 0 atom stereocenters. The monoisotopic (exact) mass is 379 g/mol. The third-order valence-electron chi connectivity index (χ3n) is 5.32. The zero-order valence-corrected chi connectivity index (χ0v) is 16.7. The van der Waals surface area contributed by atoms with Gasteiger partial charge in [-0.3, -0.25) is 0 Å². The van der Waals surface area contributed by atoms with E-state index in [1.165, 1.54) is 18.4 Å². The van der Waals surface area contributed by atoms with E-state index in [0.717, 1.165) is 30.8 Å². The van der Waals surface area contributed by atoms with Crippen LogP contribution in [0.4, 0.5) is 11.9 Å². The summed E-state index contributed by atoms with van der Waals surface area (Å²) in [5.41, 5.74) is 3.21. The van der Waals surface area contributed by atoms with Crippen LogP contribution in [-0.2, 0) is 6.54 Å². The first kappa shape index (κ1) is 18.7. The van der Waals surface area contributed by atoms with Gasteiger partial charge in [-0.1, -0.05) is 44.2 Å². The number of hydrogen-bond donors (Lipinski definition) is 3. The molecule has 28 heavy (non-hydrogen) atoms. The van der Waals surface area contributed by atoms with Crippen molar-refractivity contribution in [1.29, 1.82) is 0 Å². The average molecular weight is 380 g/mol. The number of aromatic nitrogens is 4. The number of nitrogens with one attached hydrogen (secondary N) is 3. The van der Waals surface area contributed by atoms with Gasteiger partial charge in [0.15, 0.2) is 5.65 Å². The lowest BCUT2D eigenvalue weighted by atomic mass is 9.98. The Morgan fingerprint density at radius 2 is 1.89 bits per heavy atom. The largest absolute Gasteiger partial charge is 0.354 e. The lowest BCUT2D eigenvalue weighted by Gasteiger charge is -2.22. The third-order valence-corrected chi connectivity index (χ3v) is 5.32. The molecule has 0 amide bonds. The molecule has 4 rings (SSSR count). The van der Waals surface area contributed by atoms with E-state index in [-0.39, 0.29) is 0 Å². The fourth-order valence-corrected chi connectivity index (χ4v) is 3.59. The molecule has 1 aliphatic rings. The summed E-state index contributed by atoms with van der Waals surface area (Å²) in [5.74, 6) is 2.40. The number of benzene rings is 1. The molecule has 3 N–H and O–H groups in total. The van der Waals surface area contributed by atoms with Crippen molar-refractivity contribution in [2.75, 3.05) is 30.3 Å². The summed E-state index contributed by atoms with van der Waals surface area (Å²) in [6.07, 6.45) is 4.29. The highest BCUT2D eigenvalue weighted by Crippen LogP contribution is 2.22. The molecule has 1 saturated heterocycles. The Hall–Kier alpha value is -2.67. The van der Waals surface area contributed by atoms with Gasteiger partial charge in [-0.15, -0.1) is 0 Å². The van der Waals surface area contributed by atoms with Crippen molar-refractivity contribution in [3.8, 4) is 0 Å². The second-order valence-corrected chi connectivity index (χ2v) is 7.77. The predicted molar refractivity (Wildman–Crippen MR) is 113 cm³/mol. The molecule has 2 aromatic heterocycles. The van der Waals surface area contributed by atoms with Crippen molar-refractivity contribution in [1.82, 2.24) is 24.9 Å². The molecule has 1 aromatic carbocycles. The first-order chi connectivity index (χ1) is 13.7. The van der Waals surface area contributed by atoms with E-state index in [1.54, 1.807) is 0 Å². The van der Waals surface area contributed by atoms with Gasteiger partial charge in [-0.05, 0) is 43.3 Å². The molecular formula is C21H29N7. The smallest absolute Gasteiger partial charge is 0.229 e. The van der Waals surface area contributed by atoms with Gasteiger partial charge in [-0.25, -0.2) is 0 Å². The first-order valence-electron chi connectivity index (χ1n) is 10.2. The summed E-state index contributed by atoms with van der Waals surface area (Å²) in [7, 11) is 0. The lowest BCUT2D eigenvalue weighted by Crippen LogP contribution is -2.31. The molecule has 0 spiro atoms. The van der Waals surface area contributed by atoms with E-state index >= 15 is 0 Å². The third kappa shape index (κ3) is 4.25. The molecule has 0 unspecified atom stereocenters. The minimum Gasteiger partial charge on any atom is -0.354 e. The van der Waals surface area contributed by atoms with Crippen LogP contribution < -0.4 is 16.0 Å². The Bertz CT molecular complexity index is 898. The highest BCUT2D eigenvalue weighted by atomic mass is 15.4. The van der Waals surface area contributed by atoms with E-state index in [1.807, 2.05) is 28.9 Å². The molecule has 3 aromatic rings. The van der Waals surface area contributed by atoms with Gasteiger partial charge in [0, 0.05) is 18.7 Å². The minimum atomic E-state index is 0.353. The highest BCUT2D eigenvalue weighted by Gasteiger charge is 2.17. The van der Waals surface area contributed by atoms with Crippen LogP contribution >= 0.6 is 0 Å². The number of hydrogen-bond acceptors (Lipinski definition) is 6. The average Bonchev–Trinajstić information content (AvgIpc) is 3.16. The maximum absolute atomic E-state index is 4.78. The molecule has 0 radical (unpaired) electrons. The zero-order valence-electron chi connectivity index (χ0n) is 16.7. The van der Waals surface area contributed by atoms with Crippen molar-refractivity contribution < 1.29 is 0 Å². The van der Waals surface area contributed by atoms with Crippen molar-refractivity contribution in [2.45, 2.75) is 39.2 Å². The van der Waals surface area contributed by atoms with E-state index in [4.69, 9.17) is 9.97 Å². The molecule has 1 aliphatic heterocycles. The zero-order chi connectivity index (χ0) is 19.3. The second-order valence-electron chi connectivity index (χ2n) is 7.77. The molecule has 0 saturated carbocycles. The van der Waals surface area contributed by atoms with Gasteiger partial charge in [-0.2, -0.15) is 19.6 Å².